The third kappa shape index (κ3) is 1.37. The van der Waals surface area contributed by atoms with Crippen LogP contribution in [0.25, 0.3) is 0 Å². The van der Waals surface area contributed by atoms with E-state index >= 15 is 0 Å². The van der Waals surface area contributed by atoms with Gasteiger partial charge >= 0.3 is 0 Å². The highest BCUT2D eigenvalue weighted by atomic mass is 16.5. The van der Waals surface area contributed by atoms with E-state index in [4.69, 9.17) is 0 Å². The van der Waals surface area contributed by atoms with E-state index in [0.29, 0.717) is 0 Å². The Kier molecular flexibility index (Phi) is 2.28. The maximum atomic E-state index is 11.2. The summed E-state index contributed by atoms with van der Waals surface area (Å²) in [5, 5.41) is 0. The molecule has 1 rings (SSSR count). The molecular weight excluding hydrogens is 160 g/mol. The fourth-order valence-corrected chi connectivity index (χ4v) is 0.856. The Balaban J connectivity index is 2.98. The van der Waals surface area contributed by atoms with Gasteiger partial charge in [-0.1, -0.05) is 0 Å². The summed E-state index contributed by atoms with van der Waals surface area (Å²) in [6, 6.07) is 0. The number of hydrogen-bond donors (Lipinski definition) is 0. The molecule has 0 aromatic carbocycles. The van der Waals surface area contributed by atoms with E-state index in [2.05, 4.69) is 9.47 Å². The summed E-state index contributed by atoms with van der Waals surface area (Å²) >= 11 is 0. The first-order valence-corrected chi connectivity index (χ1v) is 3.29. The summed E-state index contributed by atoms with van der Waals surface area (Å²) in [6.07, 6.45) is 2.26. The van der Waals surface area contributed by atoms with Crippen molar-refractivity contribution in [2.24, 2.45) is 0 Å². The maximum Gasteiger partial charge on any atom is 0.262 e. The lowest BCUT2D eigenvalue weighted by molar-refractivity contribution is -0.120. The molecule has 0 unspecified atom stereocenters. The van der Waals surface area contributed by atoms with Crippen molar-refractivity contribution in [3.63, 3.8) is 0 Å². The highest BCUT2D eigenvalue weighted by Crippen LogP contribution is 2.13. The topological polar surface area (TPSA) is 52.6 Å². The van der Waals surface area contributed by atoms with Gasteiger partial charge in [-0.25, -0.2) is 0 Å². The van der Waals surface area contributed by atoms with Gasteiger partial charge < -0.3 is 9.47 Å². The molecule has 0 amide bonds. The number of Topliss-reactive ketones (excluding diaryl/α,β-unsaturated/α-hetero) is 1. The van der Waals surface area contributed by atoms with Crippen LogP contribution in [0.5, 0.6) is 0 Å². The van der Waals surface area contributed by atoms with Gasteiger partial charge in [-0.3, -0.25) is 9.59 Å². The van der Waals surface area contributed by atoms with Crippen LogP contribution in [-0.4, -0.2) is 25.8 Å². The van der Waals surface area contributed by atoms with Crippen LogP contribution < -0.4 is 0 Å². The second-order valence-electron chi connectivity index (χ2n) is 2.16. The smallest absolute Gasteiger partial charge is 0.262 e. The van der Waals surface area contributed by atoms with Crippen molar-refractivity contribution in [1.29, 1.82) is 0 Å². The van der Waals surface area contributed by atoms with Crippen molar-refractivity contribution >= 4 is 11.6 Å². The van der Waals surface area contributed by atoms with E-state index < -0.39 is 5.78 Å². The first-order valence-electron chi connectivity index (χ1n) is 3.29. The number of carbonyl (C=O) groups excluding carboxylic acids is 2. The monoisotopic (exact) mass is 168 g/mol. The Bertz CT molecular complexity index is 259. The summed E-state index contributed by atoms with van der Waals surface area (Å²) in [7, 11) is 2.66. The van der Waals surface area contributed by atoms with Crippen LogP contribution in [0.2, 0.25) is 0 Å². The van der Waals surface area contributed by atoms with Crippen LogP contribution >= 0.6 is 0 Å². The van der Waals surface area contributed by atoms with Gasteiger partial charge in [0, 0.05) is 12.2 Å². The van der Waals surface area contributed by atoms with Gasteiger partial charge in [0.25, 0.3) is 5.78 Å². The van der Waals surface area contributed by atoms with E-state index in [1.165, 1.54) is 14.2 Å². The normalized spacial score (nSPS) is 16.8. The second-order valence-corrected chi connectivity index (χ2v) is 2.16. The third-order valence-corrected chi connectivity index (χ3v) is 1.43. The van der Waals surface area contributed by atoms with Crippen molar-refractivity contribution in [1.82, 2.24) is 0 Å². The number of carbonyl (C=O) groups is 2. The van der Waals surface area contributed by atoms with Crippen molar-refractivity contribution in [2.45, 2.75) is 0 Å². The number of hydrogen-bond acceptors (Lipinski definition) is 4. The molecule has 0 spiro atoms. The fraction of sp³-hybridized carbons (Fsp3) is 0.250. The number of rotatable bonds is 2. The Morgan fingerprint density at radius 2 is 1.42 bits per heavy atom. The van der Waals surface area contributed by atoms with Crippen LogP contribution in [0.4, 0.5) is 0 Å². The number of ketones is 2. The molecule has 12 heavy (non-hydrogen) atoms. The molecule has 1 aliphatic rings. The zero-order chi connectivity index (χ0) is 9.14. The standard InChI is InChI=1S/C8H8O4/c1-11-6-3-5(9)4-7(12-2)8(6)10/h3-4H,1-2H3. The molecule has 0 fully saturated rings. The maximum absolute atomic E-state index is 11.2. The summed E-state index contributed by atoms with van der Waals surface area (Å²) in [4.78, 5) is 22.1. The Labute approximate surface area is 69.5 Å². The van der Waals surface area contributed by atoms with E-state index in [0.717, 1.165) is 12.2 Å². The molecule has 0 radical (unpaired) electrons. The van der Waals surface area contributed by atoms with Crippen molar-refractivity contribution in [3.05, 3.63) is 23.7 Å². The van der Waals surface area contributed by atoms with E-state index in [1.54, 1.807) is 0 Å². The lowest BCUT2D eigenvalue weighted by Gasteiger charge is -2.10. The van der Waals surface area contributed by atoms with E-state index in [9.17, 15) is 9.59 Å². The molecule has 0 atom stereocenters. The number of methoxy groups -OCH3 is 2. The first kappa shape index (κ1) is 8.52. The molecule has 4 nitrogen and oxygen atoms in total. The molecule has 0 bridgehead atoms. The molecule has 0 heterocycles. The molecule has 0 aromatic rings. The van der Waals surface area contributed by atoms with Crippen LogP contribution in [0.3, 0.4) is 0 Å². The Hall–Kier alpha value is -1.58. The largest absolute Gasteiger partial charge is 0.492 e. The average Bonchev–Trinajstić information content (AvgIpc) is 2.08. The predicted molar refractivity (Wildman–Crippen MR) is 40.2 cm³/mol. The first-order chi connectivity index (χ1) is 5.69. The molecular formula is C8H8O4. The van der Waals surface area contributed by atoms with Gasteiger partial charge in [0.05, 0.1) is 14.2 Å². The highest BCUT2D eigenvalue weighted by molar-refractivity contribution is 6.18. The molecule has 0 aliphatic heterocycles. The summed E-state index contributed by atoms with van der Waals surface area (Å²) in [5.74, 6) is -0.679. The lowest BCUT2D eigenvalue weighted by atomic mass is 10.1. The quantitative estimate of drug-likeness (QED) is 0.552. The highest BCUT2D eigenvalue weighted by Gasteiger charge is 2.22. The van der Waals surface area contributed by atoms with Gasteiger partial charge in [0.1, 0.15) is 0 Å². The number of allylic oxidation sites excluding steroid dienone is 2. The molecule has 0 N–H and O–H groups in total. The third-order valence-electron chi connectivity index (χ3n) is 1.43. The lowest BCUT2D eigenvalue weighted by Crippen LogP contribution is -2.16. The minimum absolute atomic E-state index is 0.0133. The number of ether oxygens (including phenoxy) is 2. The molecule has 0 saturated heterocycles. The van der Waals surface area contributed by atoms with Crippen molar-refractivity contribution in [3.8, 4) is 0 Å². The van der Waals surface area contributed by atoms with E-state index in [-0.39, 0.29) is 17.3 Å². The van der Waals surface area contributed by atoms with Gasteiger partial charge in [-0.05, 0) is 0 Å². The molecule has 1 aliphatic carbocycles. The van der Waals surface area contributed by atoms with Gasteiger partial charge in [0.15, 0.2) is 17.3 Å². The van der Waals surface area contributed by atoms with Crippen LogP contribution in [0.15, 0.2) is 23.7 Å². The minimum atomic E-state index is -0.403. The molecule has 0 saturated carbocycles. The molecule has 64 valence electrons. The SMILES string of the molecule is COC1=CC(=O)C=C(OC)C1=O. The molecule has 0 aromatic heterocycles. The zero-order valence-corrected chi connectivity index (χ0v) is 6.79. The minimum Gasteiger partial charge on any atom is -0.492 e. The Morgan fingerprint density at radius 1 is 1.00 bits per heavy atom. The molecule has 4 heteroatoms. The predicted octanol–water partition coefficient (Wildman–Crippen LogP) is 0.199. The van der Waals surface area contributed by atoms with Gasteiger partial charge in [0.2, 0.25) is 0 Å². The van der Waals surface area contributed by atoms with E-state index in [1.807, 2.05) is 0 Å². The summed E-state index contributed by atoms with van der Waals surface area (Å²) < 4.78 is 9.35. The summed E-state index contributed by atoms with van der Waals surface area (Å²) in [6.45, 7) is 0. The Morgan fingerprint density at radius 3 is 1.75 bits per heavy atom. The van der Waals surface area contributed by atoms with Gasteiger partial charge in [-0.15, -0.1) is 0 Å². The van der Waals surface area contributed by atoms with Crippen LogP contribution in [-0.2, 0) is 19.1 Å². The van der Waals surface area contributed by atoms with Crippen LogP contribution in [0.1, 0.15) is 0 Å². The van der Waals surface area contributed by atoms with Crippen molar-refractivity contribution in [2.75, 3.05) is 14.2 Å². The fourth-order valence-electron chi connectivity index (χ4n) is 0.856. The van der Waals surface area contributed by atoms with Crippen molar-refractivity contribution < 1.29 is 19.1 Å². The zero-order valence-electron chi connectivity index (χ0n) is 6.79. The second kappa shape index (κ2) is 3.21. The summed E-state index contributed by atoms with van der Waals surface area (Å²) in [5.41, 5.74) is 0. The van der Waals surface area contributed by atoms with Crippen LogP contribution in [0, 0.1) is 0 Å². The average molecular weight is 168 g/mol. The van der Waals surface area contributed by atoms with Gasteiger partial charge in [-0.2, -0.15) is 0 Å².